The average Bonchev–Trinajstić information content (AvgIpc) is 2.55. The molecule has 0 fully saturated rings. The Morgan fingerprint density at radius 1 is 1.20 bits per heavy atom. The van der Waals surface area contributed by atoms with Crippen molar-refractivity contribution >= 4 is 38.9 Å². The van der Waals surface area contributed by atoms with Crippen molar-refractivity contribution in [2.45, 2.75) is 17.9 Å². The Kier molecular flexibility index (Phi) is 5.73. The van der Waals surface area contributed by atoms with Crippen LogP contribution in [0, 0.1) is 10.1 Å². The number of halogens is 1. The Bertz CT molecular complexity index is 900. The number of nitrogens with one attached hydrogen (secondary N) is 2. The Labute approximate surface area is 149 Å². The van der Waals surface area contributed by atoms with E-state index in [-0.39, 0.29) is 16.3 Å². The van der Waals surface area contributed by atoms with E-state index >= 15 is 0 Å². The summed E-state index contributed by atoms with van der Waals surface area (Å²) in [6, 6.07) is 9.71. The van der Waals surface area contributed by atoms with Crippen molar-refractivity contribution in [2.75, 3.05) is 5.32 Å². The van der Waals surface area contributed by atoms with Crippen molar-refractivity contribution < 1.29 is 18.1 Å². The number of non-ortho nitro benzene ring substituents is 1. The van der Waals surface area contributed by atoms with Gasteiger partial charge in [-0.2, -0.15) is 4.72 Å². The fourth-order valence-corrected chi connectivity index (χ4v) is 3.24. The second-order valence-corrected chi connectivity index (χ2v) is 7.24. The lowest BCUT2D eigenvalue weighted by Crippen LogP contribution is -2.41. The maximum absolute atomic E-state index is 12.2. The SMILES string of the molecule is CC(NS(=O)(=O)c1ccc(Cl)cc1)C(=O)Nc1cccc([N+](=O)[O-])c1. The molecule has 0 heterocycles. The van der Waals surface area contributed by atoms with Gasteiger partial charge < -0.3 is 5.32 Å². The molecule has 132 valence electrons. The zero-order valence-corrected chi connectivity index (χ0v) is 14.5. The second-order valence-electron chi connectivity index (χ2n) is 5.09. The molecule has 0 spiro atoms. The second kappa shape index (κ2) is 7.60. The van der Waals surface area contributed by atoms with Crippen molar-refractivity contribution in [3.63, 3.8) is 0 Å². The van der Waals surface area contributed by atoms with E-state index in [1.807, 2.05) is 0 Å². The van der Waals surface area contributed by atoms with Crippen LogP contribution in [0.5, 0.6) is 0 Å². The van der Waals surface area contributed by atoms with Gasteiger partial charge in [-0.3, -0.25) is 14.9 Å². The monoisotopic (exact) mass is 383 g/mol. The first-order valence-electron chi connectivity index (χ1n) is 7.02. The summed E-state index contributed by atoms with van der Waals surface area (Å²) in [5, 5.41) is 13.5. The van der Waals surface area contributed by atoms with Gasteiger partial charge in [-0.1, -0.05) is 17.7 Å². The van der Waals surface area contributed by atoms with Gasteiger partial charge >= 0.3 is 0 Å². The van der Waals surface area contributed by atoms with Crippen molar-refractivity contribution in [3.8, 4) is 0 Å². The Balaban J connectivity index is 2.08. The summed E-state index contributed by atoms with van der Waals surface area (Å²) in [5.74, 6) is -0.655. The Hall–Kier alpha value is -2.49. The highest BCUT2D eigenvalue weighted by Crippen LogP contribution is 2.18. The molecule has 2 aromatic rings. The van der Waals surface area contributed by atoms with Gasteiger partial charge in [0.05, 0.1) is 15.9 Å². The molecule has 0 saturated heterocycles. The molecule has 1 atom stereocenters. The minimum atomic E-state index is -3.91. The fraction of sp³-hybridized carbons (Fsp3) is 0.133. The smallest absolute Gasteiger partial charge is 0.271 e. The summed E-state index contributed by atoms with van der Waals surface area (Å²) in [5.41, 5.74) is 0.00365. The quantitative estimate of drug-likeness (QED) is 0.587. The van der Waals surface area contributed by atoms with Crippen molar-refractivity contribution in [1.82, 2.24) is 4.72 Å². The number of nitro benzene ring substituents is 1. The lowest BCUT2D eigenvalue weighted by molar-refractivity contribution is -0.384. The third kappa shape index (κ3) is 4.99. The maximum atomic E-state index is 12.2. The molecule has 2 rings (SSSR count). The highest BCUT2D eigenvalue weighted by molar-refractivity contribution is 7.89. The van der Waals surface area contributed by atoms with Crippen LogP contribution in [-0.2, 0) is 14.8 Å². The van der Waals surface area contributed by atoms with Crippen LogP contribution in [0.2, 0.25) is 5.02 Å². The summed E-state index contributed by atoms with van der Waals surface area (Å²) < 4.78 is 26.7. The standard InChI is InChI=1S/C15H14ClN3O5S/c1-10(18-25(23,24)14-7-5-11(16)6-8-14)15(20)17-12-3-2-4-13(9-12)19(21)22/h2-10,18H,1H3,(H,17,20). The van der Waals surface area contributed by atoms with Crippen LogP contribution < -0.4 is 10.0 Å². The van der Waals surface area contributed by atoms with Crippen LogP contribution in [-0.4, -0.2) is 25.3 Å². The van der Waals surface area contributed by atoms with Crippen LogP contribution in [0.4, 0.5) is 11.4 Å². The van der Waals surface area contributed by atoms with Crippen LogP contribution in [0.25, 0.3) is 0 Å². The molecule has 2 N–H and O–H groups in total. The first-order chi connectivity index (χ1) is 11.7. The normalized spacial score (nSPS) is 12.4. The number of anilines is 1. The zero-order valence-electron chi connectivity index (χ0n) is 13.0. The predicted molar refractivity (Wildman–Crippen MR) is 93.0 cm³/mol. The molecule has 8 nitrogen and oxygen atoms in total. The largest absolute Gasteiger partial charge is 0.324 e. The van der Waals surface area contributed by atoms with E-state index in [1.54, 1.807) is 0 Å². The van der Waals surface area contributed by atoms with Gasteiger partial charge in [0.15, 0.2) is 0 Å². The molecule has 0 bridgehead atoms. The minimum absolute atomic E-state index is 0.0353. The van der Waals surface area contributed by atoms with E-state index in [0.29, 0.717) is 5.02 Å². The predicted octanol–water partition coefficient (Wildman–Crippen LogP) is 2.55. The first-order valence-corrected chi connectivity index (χ1v) is 8.88. The van der Waals surface area contributed by atoms with E-state index < -0.39 is 26.9 Å². The number of hydrogen-bond donors (Lipinski definition) is 2. The number of benzene rings is 2. The van der Waals surface area contributed by atoms with Gasteiger partial charge in [0.1, 0.15) is 0 Å². The van der Waals surface area contributed by atoms with E-state index in [1.165, 1.54) is 55.5 Å². The van der Waals surface area contributed by atoms with E-state index in [2.05, 4.69) is 10.0 Å². The van der Waals surface area contributed by atoms with Crippen LogP contribution in [0.1, 0.15) is 6.92 Å². The van der Waals surface area contributed by atoms with Crippen molar-refractivity contribution in [2.24, 2.45) is 0 Å². The average molecular weight is 384 g/mol. The van der Waals surface area contributed by atoms with E-state index in [4.69, 9.17) is 11.6 Å². The Morgan fingerprint density at radius 2 is 1.84 bits per heavy atom. The molecule has 1 amide bonds. The maximum Gasteiger partial charge on any atom is 0.271 e. The third-order valence-corrected chi connectivity index (χ3v) is 4.98. The van der Waals surface area contributed by atoms with Crippen LogP contribution >= 0.6 is 11.6 Å². The highest BCUT2D eigenvalue weighted by Gasteiger charge is 2.22. The van der Waals surface area contributed by atoms with Crippen molar-refractivity contribution in [3.05, 3.63) is 63.7 Å². The molecule has 0 saturated carbocycles. The minimum Gasteiger partial charge on any atom is -0.324 e. The molecular weight excluding hydrogens is 370 g/mol. The fourth-order valence-electron chi connectivity index (χ4n) is 1.92. The molecular formula is C15H14ClN3O5S. The molecule has 2 aromatic carbocycles. The lowest BCUT2D eigenvalue weighted by atomic mass is 10.2. The Morgan fingerprint density at radius 3 is 2.44 bits per heavy atom. The molecule has 0 aromatic heterocycles. The number of rotatable bonds is 6. The molecule has 25 heavy (non-hydrogen) atoms. The number of amides is 1. The number of sulfonamides is 1. The van der Waals surface area contributed by atoms with Crippen LogP contribution in [0.15, 0.2) is 53.4 Å². The van der Waals surface area contributed by atoms with Gasteiger partial charge in [-0.25, -0.2) is 8.42 Å². The summed E-state index contributed by atoms with van der Waals surface area (Å²) >= 11 is 5.72. The first kappa shape index (κ1) is 18.8. The lowest BCUT2D eigenvalue weighted by Gasteiger charge is -2.14. The molecule has 0 aliphatic rings. The van der Waals surface area contributed by atoms with Crippen molar-refractivity contribution in [1.29, 1.82) is 0 Å². The van der Waals surface area contributed by atoms with E-state index in [9.17, 15) is 23.3 Å². The van der Waals surface area contributed by atoms with Gasteiger partial charge in [-0.15, -0.1) is 0 Å². The number of carbonyl (C=O) groups is 1. The summed E-state index contributed by atoms with van der Waals surface area (Å²) in [4.78, 5) is 22.2. The summed E-state index contributed by atoms with van der Waals surface area (Å²) in [7, 11) is -3.91. The number of nitrogens with zero attached hydrogens (tertiary/aromatic N) is 1. The number of nitro groups is 1. The number of carbonyl (C=O) groups excluding carboxylic acids is 1. The van der Waals surface area contributed by atoms with Gasteiger partial charge in [0.2, 0.25) is 15.9 Å². The summed E-state index contributed by atoms with van der Waals surface area (Å²) in [6.07, 6.45) is 0. The highest BCUT2D eigenvalue weighted by atomic mass is 35.5. The van der Waals surface area contributed by atoms with Gasteiger partial charge in [-0.05, 0) is 37.3 Å². The molecule has 0 aliphatic carbocycles. The molecule has 0 radical (unpaired) electrons. The van der Waals surface area contributed by atoms with Crippen LogP contribution in [0.3, 0.4) is 0 Å². The third-order valence-electron chi connectivity index (χ3n) is 3.17. The molecule has 10 heteroatoms. The molecule has 0 aliphatic heterocycles. The topological polar surface area (TPSA) is 118 Å². The number of hydrogen-bond acceptors (Lipinski definition) is 5. The van der Waals surface area contributed by atoms with E-state index in [0.717, 1.165) is 0 Å². The summed E-state index contributed by atoms with van der Waals surface area (Å²) in [6.45, 7) is 1.36. The van der Waals surface area contributed by atoms with Gasteiger partial charge in [0.25, 0.3) is 5.69 Å². The molecule has 1 unspecified atom stereocenters. The van der Waals surface area contributed by atoms with Gasteiger partial charge in [0, 0.05) is 22.8 Å². The zero-order chi connectivity index (χ0) is 18.6.